The predicted molar refractivity (Wildman–Crippen MR) is 48.7 cm³/mol. The van der Waals surface area contributed by atoms with E-state index in [0.717, 1.165) is 0 Å². The topological polar surface area (TPSA) is 24.9 Å². The Balaban J connectivity index is 2.71. The van der Waals surface area contributed by atoms with Gasteiger partial charge in [-0.25, -0.2) is 4.37 Å². The van der Waals surface area contributed by atoms with Crippen LogP contribution in [0.3, 0.4) is 0 Å². The number of aromatic nitrogens is 1. The quantitative estimate of drug-likeness (QED) is 0.698. The molecule has 0 saturated heterocycles. The van der Waals surface area contributed by atoms with Crippen molar-refractivity contribution in [3.8, 4) is 0 Å². The summed E-state index contributed by atoms with van der Waals surface area (Å²) in [6.07, 6.45) is 5.99. The van der Waals surface area contributed by atoms with E-state index in [-0.39, 0.29) is 0 Å². The van der Waals surface area contributed by atoms with Gasteiger partial charge in [0.1, 0.15) is 0 Å². The third-order valence-electron chi connectivity index (χ3n) is 1.46. The molecule has 1 rings (SSSR count). The fourth-order valence-electron chi connectivity index (χ4n) is 0.912. The van der Waals surface area contributed by atoms with Gasteiger partial charge >= 0.3 is 0 Å². The predicted octanol–water partition coefficient (Wildman–Crippen LogP) is 1.98. The van der Waals surface area contributed by atoms with E-state index in [4.69, 9.17) is 0 Å². The number of hydrogen-bond donors (Lipinski definition) is 1. The van der Waals surface area contributed by atoms with Crippen LogP contribution in [0.4, 0.5) is 0 Å². The molecule has 0 fully saturated rings. The number of allylic oxidation sites excluding steroid dienone is 1. The molecule has 0 aliphatic heterocycles. The van der Waals surface area contributed by atoms with E-state index in [2.05, 4.69) is 15.8 Å². The molecule has 0 aromatic carbocycles. The first-order valence-electron chi connectivity index (χ1n) is 3.59. The Morgan fingerprint density at radius 3 is 3.00 bits per heavy atom. The lowest BCUT2D eigenvalue weighted by atomic mass is 10.2. The lowest BCUT2D eigenvalue weighted by Crippen LogP contribution is -2.11. The molecule has 0 bridgehead atoms. The molecule has 1 heterocycles. The second-order valence-electron chi connectivity index (χ2n) is 2.21. The van der Waals surface area contributed by atoms with Crippen molar-refractivity contribution in [1.29, 1.82) is 0 Å². The SMILES string of the molecule is C/C=C/C(NC)c1ccns1. The van der Waals surface area contributed by atoms with Crippen molar-refractivity contribution in [2.24, 2.45) is 0 Å². The average Bonchev–Trinajstić information content (AvgIpc) is 2.52. The molecule has 60 valence electrons. The van der Waals surface area contributed by atoms with E-state index < -0.39 is 0 Å². The lowest BCUT2D eigenvalue weighted by Gasteiger charge is -2.06. The van der Waals surface area contributed by atoms with E-state index in [9.17, 15) is 0 Å². The second kappa shape index (κ2) is 4.26. The Hall–Kier alpha value is -0.670. The molecule has 1 N–H and O–H groups in total. The van der Waals surface area contributed by atoms with Gasteiger partial charge in [0.15, 0.2) is 0 Å². The molecule has 0 saturated carbocycles. The first-order valence-corrected chi connectivity index (χ1v) is 4.36. The molecule has 2 nitrogen and oxygen atoms in total. The van der Waals surface area contributed by atoms with Crippen LogP contribution in [0.5, 0.6) is 0 Å². The van der Waals surface area contributed by atoms with Crippen LogP contribution in [-0.4, -0.2) is 11.4 Å². The maximum Gasteiger partial charge on any atom is 0.0614 e. The van der Waals surface area contributed by atoms with Gasteiger partial charge in [-0.1, -0.05) is 12.2 Å². The standard InChI is InChI=1S/C8H12N2S/c1-3-4-7(9-2)8-5-6-10-11-8/h3-7,9H,1-2H3/b4-3+. The number of hydrogen-bond acceptors (Lipinski definition) is 3. The van der Waals surface area contributed by atoms with Gasteiger partial charge in [0.2, 0.25) is 0 Å². The van der Waals surface area contributed by atoms with E-state index in [1.165, 1.54) is 16.4 Å². The van der Waals surface area contributed by atoms with Crippen LogP contribution in [-0.2, 0) is 0 Å². The molecule has 1 atom stereocenters. The molecule has 1 aromatic heterocycles. The van der Waals surface area contributed by atoms with E-state index >= 15 is 0 Å². The third-order valence-corrected chi connectivity index (χ3v) is 2.29. The van der Waals surface area contributed by atoms with Gasteiger partial charge in [-0.05, 0) is 31.6 Å². The largest absolute Gasteiger partial charge is 0.309 e. The fraction of sp³-hybridized carbons (Fsp3) is 0.375. The zero-order valence-electron chi connectivity index (χ0n) is 6.74. The summed E-state index contributed by atoms with van der Waals surface area (Å²) in [5.74, 6) is 0. The van der Waals surface area contributed by atoms with Crippen molar-refractivity contribution >= 4 is 11.5 Å². The first-order chi connectivity index (χ1) is 5.38. The first kappa shape index (κ1) is 8.43. The van der Waals surface area contributed by atoms with Crippen LogP contribution in [0.2, 0.25) is 0 Å². The molecule has 0 spiro atoms. The van der Waals surface area contributed by atoms with Crippen molar-refractivity contribution in [2.75, 3.05) is 7.05 Å². The summed E-state index contributed by atoms with van der Waals surface area (Å²) >= 11 is 1.53. The van der Waals surface area contributed by atoms with Crippen LogP contribution in [0.15, 0.2) is 24.4 Å². The molecule has 0 aliphatic rings. The van der Waals surface area contributed by atoms with Crippen LogP contribution in [0.1, 0.15) is 17.8 Å². The zero-order chi connectivity index (χ0) is 8.10. The van der Waals surface area contributed by atoms with Crippen LogP contribution >= 0.6 is 11.5 Å². The minimum absolute atomic E-state index is 0.326. The second-order valence-corrected chi connectivity index (χ2v) is 3.07. The number of nitrogens with zero attached hydrogens (tertiary/aromatic N) is 1. The minimum atomic E-state index is 0.326. The van der Waals surface area contributed by atoms with Crippen molar-refractivity contribution in [1.82, 2.24) is 9.69 Å². The number of likely N-dealkylation sites (N-methyl/N-ethyl adjacent to an activating group) is 1. The van der Waals surface area contributed by atoms with Crippen LogP contribution < -0.4 is 5.32 Å². The van der Waals surface area contributed by atoms with Crippen molar-refractivity contribution in [3.63, 3.8) is 0 Å². The zero-order valence-corrected chi connectivity index (χ0v) is 7.56. The van der Waals surface area contributed by atoms with Gasteiger partial charge in [0, 0.05) is 11.1 Å². The lowest BCUT2D eigenvalue weighted by molar-refractivity contribution is 0.726. The van der Waals surface area contributed by atoms with Gasteiger partial charge in [-0.15, -0.1) is 0 Å². The smallest absolute Gasteiger partial charge is 0.0614 e. The van der Waals surface area contributed by atoms with Crippen molar-refractivity contribution < 1.29 is 0 Å². The van der Waals surface area contributed by atoms with E-state index in [1.54, 1.807) is 0 Å². The summed E-state index contributed by atoms with van der Waals surface area (Å²) < 4.78 is 4.04. The van der Waals surface area contributed by atoms with Gasteiger partial charge in [0.05, 0.1) is 6.04 Å². The molecule has 3 heteroatoms. The third kappa shape index (κ3) is 2.13. The van der Waals surface area contributed by atoms with E-state index in [0.29, 0.717) is 6.04 Å². The summed E-state index contributed by atoms with van der Waals surface area (Å²) in [4.78, 5) is 1.26. The average molecular weight is 168 g/mol. The Bertz CT molecular complexity index is 216. The molecule has 11 heavy (non-hydrogen) atoms. The van der Waals surface area contributed by atoms with E-state index in [1.807, 2.05) is 32.3 Å². The highest BCUT2D eigenvalue weighted by atomic mass is 32.1. The number of rotatable bonds is 3. The summed E-state index contributed by atoms with van der Waals surface area (Å²) in [5.41, 5.74) is 0. The molecular formula is C8H12N2S. The fourth-order valence-corrected chi connectivity index (χ4v) is 1.59. The molecular weight excluding hydrogens is 156 g/mol. The maximum atomic E-state index is 4.04. The highest BCUT2D eigenvalue weighted by molar-refractivity contribution is 7.05. The number of nitrogens with one attached hydrogen (secondary N) is 1. The monoisotopic (exact) mass is 168 g/mol. The highest BCUT2D eigenvalue weighted by Gasteiger charge is 2.04. The Morgan fingerprint density at radius 2 is 2.55 bits per heavy atom. The van der Waals surface area contributed by atoms with Crippen LogP contribution in [0, 0.1) is 0 Å². The highest BCUT2D eigenvalue weighted by Crippen LogP contribution is 2.16. The molecule has 1 aromatic rings. The molecule has 1 unspecified atom stereocenters. The Labute approximate surface area is 71.1 Å². The summed E-state index contributed by atoms with van der Waals surface area (Å²) in [6.45, 7) is 2.02. The van der Waals surface area contributed by atoms with Crippen LogP contribution in [0.25, 0.3) is 0 Å². The summed E-state index contributed by atoms with van der Waals surface area (Å²) in [6, 6.07) is 2.36. The van der Waals surface area contributed by atoms with Gasteiger partial charge in [-0.3, -0.25) is 0 Å². The molecule has 0 amide bonds. The molecule has 0 radical (unpaired) electrons. The maximum absolute atomic E-state index is 4.04. The molecule has 0 aliphatic carbocycles. The Kier molecular flexibility index (Phi) is 3.26. The van der Waals surface area contributed by atoms with Gasteiger partial charge in [-0.2, -0.15) is 0 Å². The summed E-state index contributed by atoms with van der Waals surface area (Å²) in [5, 5.41) is 3.19. The summed E-state index contributed by atoms with van der Waals surface area (Å²) in [7, 11) is 1.95. The van der Waals surface area contributed by atoms with Crippen molar-refractivity contribution in [3.05, 3.63) is 29.3 Å². The van der Waals surface area contributed by atoms with Crippen molar-refractivity contribution in [2.45, 2.75) is 13.0 Å². The van der Waals surface area contributed by atoms with Gasteiger partial charge < -0.3 is 5.32 Å². The Morgan fingerprint density at radius 1 is 1.73 bits per heavy atom. The normalized spacial score (nSPS) is 14.0. The minimum Gasteiger partial charge on any atom is -0.309 e. The van der Waals surface area contributed by atoms with Gasteiger partial charge in [0.25, 0.3) is 0 Å².